The van der Waals surface area contributed by atoms with Crippen LogP contribution >= 0.6 is 0 Å². The Labute approximate surface area is 86.1 Å². The molecule has 0 aliphatic rings. The number of aromatic nitrogens is 2. The second-order valence-corrected chi connectivity index (χ2v) is 3.73. The molecule has 0 aliphatic heterocycles. The summed E-state index contributed by atoms with van der Waals surface area (Å²) in [6.07, 6.45) is -3.07. The van der Waals surface area contributed by atoms with Crippen LogP contribution in [0.5, 0.6) is 0 Å². The fourth-order valence-corrected chi connectivity index (χ4v) is 1.36. The lowest BCUT2D eigenvalue weighted by Crippen LogP contribution is -2.25. The molecule has 1 aromatic rings. The second-order valence-electron chi connectivity index (χ2n) is 3.73. The maximum Gasteiger partial charge on any atom is 0.435 e. The van der Waals surface area contributed by atoms with Crippen molar-refractivity contribution in [3.05, 3.63) is 18.0 Å². The van der Waals surface area contributed by atoms with E-state index in [2.05, 4.69) is 5.10 Å². The molecule has 0 saturated heterocycles. The third-order valence-electron chi connectivity index (χ3n) is 2.25. The van der Waals surface area contributed by atoms with E-state index >= 15 is 0 Å². The number of nitrogens with two attached hydrogens (primary N) is 1. The van der Waals surface area contributed by atoms with Gasteiger partial charge >= 0.3 is 6.18 Å². The Morgan fingerprint density at radius 1 is 1.47 bits per heavy atom. The highest BCUT2D eigenvalue weighted by atomic mass is 19.4. The molecule has 1 aromatic heterocycles. The highest BCUT2D eigenvalue weighted by molar-refractivity contribution is 5.04. The van der Waals surface area contributed by atoms with Gasteiger partial charge in [0.25, 0.3) is 0 Å². The third kappa shape index (κ3) is 2.71. The summed E-state index contributed by atoms with van der Waals surface area (Å²) >= 11 is 0. The summed E-state index contributed by atoms with van der Waals surface area (Å²) in [6.45, 7) is 4.07. The minimum absolute atomic E-state index is 0.149. The van der Waals surface area contributed by atoms with Crippen molar-refractivity contribution >= 4 is 0 Å². The van der Waals surface area contributed by atoms with Crippen molar-refractivity contribution in [2.75, 3.05) is 6.54 Å². The molecular weight excluding hydrogens is 207 g/mol. The van der Waals surface area contributed by atoms with Crippen LogP contribution in [0.4, 0.5) is 13.2 Å². The van der Waals surface area contributed by atoms with Crippen LogP contribution in [0.2, 0.25) is 0 Å². The maximum atomic E-state index is 12.3. The fourth-order valence-electron chi connectivity index (χ4n) is 1.36. The summed E-state index contributed by atoms with van der Waals surface area (Å²) < 4.78 is 38.1. The monoisotopic (exact) mass is 221 g/mol. The molecule has 1 unspecified atom stereocenters. The summed E-state index contributed by atoms with van der Waals surface area (Å²) in [6, 6.07) is 0.770. The standard InChI is InChI=1S/C9H14F3N3/c1-6(2)7(5-13)15-4-3-8(14-15)9(10,11)12/h3-4,6-7H,5,13H2,1-2H3. The van der Waals surface area contributed by atoms with Crippen molar-refractivity contribution < 1.29 is 13.2 Å². The van der Waals surface area contributed by atoms with Gasteiger partial charge in [0.15, 0.2) is 5.69 Å². The lowest BCUT2D eigenvalue weighted by molar-refractivity contribution is -0.141. The van der Waals surface area contributed by atoms with E-state index in [1.54, 1.807) is 0 Å². The van der Waals surface area contributed by atoms with Gasteiger partial charge in [-0.15, -0.1) is 0 Å². The molecule has 0 amide bonds. The highest BCUT2D eigenvalue weighted by Gasteiger charge is 2.34. The number of rotatable bonds is 3. The molecule has 6 heteroatoms. The molecule has 1 heterocycles. The van der Waals surface area contributed by atoms with E-state index in [9.17, 15) is 13.2 Å². The van der Waals surface area contributed by atoms with E-state index in [1.165, 1.54) is 10.9 Å². The first-order valence-electron chi connectivity index (χ1n) is 4.68. The normalized spacial score (nSPS) is 14.6. The lowest BCUT2D eigenvalue weighted by Gasteiger charge is -2.19. The lowest BCUT2D eigenvalue weighted by atomic mass is 10.1. The zero-order chi connectivity index (χ0) is 11.6. The number of halogens is 3. The second kappa shape index (κ2) is 4.22. The fraction of sp³-hybridized carbons (Fsp3) is 0.667. The molecule has 0 aromatic carbocycles. The molecule has 86 valence electrons. The largest absolute Gasteiger partial charge is 0.435 e. The first-order chi connectivity index (χ1) is 6.86. The molecule has 0 aliphatic carbocycles. The van der Waals surface area contributed by atoms with Crippen LogP contribution in [0.25, 0.3) is 0 Å². The van der Waals surface area contributed by atoms with E-state index in [4.69, 9.17) is 5.73 Å². The van der Waals surface area contributed by atoms with Crippen molar-refractivity contribution in [2.24, 2.45) is 11.7 Å². The van der Waals surface area contributed by atoms with Crippen molar-refractivity contribution in [1.29, 1.82) is 0 Å². The van der Waals surface area contributed by atoms with Crippen LogP contribution in [0.1, 0.15) is 25.6 Å². The van der Waals surface area contributed by atoms with E-state index in [1.807, 2.05) is 13.8 Å². The third-order valence-corrected chi connectivity index (χ3v) is 2.25. The number of nitrogens with zero attached hydrogens (tertiary/aromatic N) is 2. The Kier molecular flexibility index (Phi) is 3.38. The highest BCUT2D eigenvalue weighted by Crippen LogP contribution is 2.28. The van der Waals surface area contributed by atoms with Gasteiger partial charge in [0.1, 0.15) is 0 Å². The molecule has 0 radical (unpaired) electrons. The molecule has 0 fully saturated rings. The van der Waals surface area contributed by atoms with Crippen LogP contribution in [-0.2, 0) is 6.18 Å². The zero-order valence-electron chi connectivity index (χ0n) is 8.62. The van der Waals surface area contributed by atoms with E-state index in [0.717, 1.165) is 6.07 Å². The average Bonchev–Trinajstić information content (AvgIpc) is 2.52. The number of hydrogen-bond acceptors (Lipinski definition) is 2. The molecule has 0 saturated carbocycles. The Morgan fingerprint density at radius 2 is 2.07 bits per heavy atom. The topological polar surface area (TPSA) is 43.8 Å². The zero-order valence-corrected chi connectivity index (χ0v) is 8.62. The Balaban J connectivity index is 2.92. The molecule has 1 atom stereocenters. The summed E-state index contributed by atoms with van der Waals surface area (Å²) in [5.41, 5.74) is 4.61. The molecule has 0 spiro atoms. The van der Waals surface area contributed by atoms with Crippen molar-refractivity contribution in [3.8, 4) is 0 Å². The summed E-state index contributed by atoms with van der Waals surface area (Å²) in [7, 11) is 0. The maximum absolute atomic E-state index is 12.3. The smallest absolute Gasteiger partial charge is 0.328 e. The van der Waals surface area contributed by atoms with Crippen LogP contribution in [0.15, 0.2) is 12.3 Å². The summed E-state index contributed by atoms with van der Waals surface area (Å²) in [4.78, 5) is 0. The number of alkyl halides is 3. The predicted octanol–water partition coefficient (Wildman–Crippen LogP) is 2.06. The van der Waals surface area contributed by atoms with Crippen LogP contribution in [0.3, 0.4) is 0 Å². The van der Waals surface area contributed by atoms with E-state index < -0.39 is 11.9 Å². The predicted molar refractivity (Wildman–Crippen MR) is 50.2 cm³/mol. The van der Waals surface area contributed by atoms with Gasteiger partial charge in [-0.3, -0.25) is 4.68 Å². The van der Waals surface area contributed by atoms with Gasteiger partial charge in [-0.05, 0) is 12.0 Å². The van der Waals surface area contributed by atoms with Crippen LogP contribution < -0.4 is 5.73 Å². The Morgan fingerprint density at radius 3 is 2.40 bits per heavy atom. The van der Waals surface area contributed by atoms with Crippen molar-refractivity contribution in [2.45, 2.75) is 26.1 Å². The van der Waals surface area contributed by atoms with Gasteiger partial charge in [0, 0.05) is 12.7 Å². The first-order valence-corrected chi connectivity index (χ1v) is 4.68. The van der Waals surface area contributed by atoms with E-state index in [-0.39, 0.29) is 18.5 Å². The molecule has 1 rings (SSSR count). The van der Waals surface area contributed by atoms with Gasteiger partial charge in [0.05, 0.1) is 6.04 Å². The SMILES string of the molecule is CC(C)C(CN)n1ccc(C(F)(F)F)n1. The Bertz CT molecular complexity index is 317. The molecule has 2 N–H and O–H groups in total. The van der Waals surface area contributed by atoms with Gasteiger partial charge in [-0.1, -0.05) is 13.8 Å². The van der Waals surface area contributed by atoms with E-state index in [0.29, 0.717) is 0 Å². The van der Waals surface area contributed by atoms with Gasteiger partial charge in [-0.2, -0.15) is 18.3 Å². The first kappa shape index (κ1) is 12.0. The summed E-state index contributed by atoms with van der Waals surface area (Å²) in [5, 5.41) is 3.49. The Hall–Kier alpha value is -1.04. The van der Waals surface area contributed by atoms with Crippen LogP contribution in [-0.4, -0.2) is 16.3 Å². The quantitative estimate of drug-likeness (QED) is 0.849. The molecule has 3 nitrogen and oxygen atoms in total. The molecule has 15 heavy (non-hydrogen) atoms. The summed E-state index contributed by atoms with van der Waals surface area (Å²) in [5.74, 6) is 0.149. The van der Waals surface area contributed by atoms with Crippen LogP contribution in [0, 0.1) is 5.92 Å². The average molecular weight is 221 g/mol. The molecular formula is C9H14F3N3. The van der Waals surface area contributed by atoms with Crippen molar-refractivity contribution in [3.63, 3.8) is 0 Å². The van der Waals surface area contributed by atoms with Gasteiger partial charge < -0.3 is 5.73 Å². The van der Waals surface area contributed by atoms with Gasteiger partial charge in [0.2, 0.25) is 0 Å². The minimum Gasteiger partial charge on any atom is -0.328 e. The van der Waals surface area contributed by atoms with Gasteiger partial charge in [-0.25, -0.2) is 0 Å². The molecule has 0 bridgehead atoms. The number of hydrogen-bond donors (Lipinski definition) is 1. The van der Waals surface area contributed by atoms with Crippen molar-refractivity contribution in [1.82, 2.24) is 9.78 Å². The minimum atomic E-state index is -4.39.